The van der Waals surface area contributed by atoms with Crippen LogP contribution in [0.2, 0.25) is 0 Å². The number of carbonyl (C=O) groups is 3. The number of aromatic nitrogens is 1. The Labute approximate surface area is 212 Å². The standard InChI is InChI=1S/C27H27N3O7/c1-11-4-6-16(29-10-11)13-5-7-17(31)19-14(13)8-12-9-15-21(30(2)3)23(33)20(26(28)36)25(35)27(15,37)24(34)18(12)22(19)32/h4-7,10,12,15,21,31-32,35,37H,8-9H2,1-3H3,(H2,28,36)/t12-,15-,21+,27-/m0/s1. The van der Waals surface area contributed by atoms with Crippen molar-refractivity contribution >= 4 is 23.2 Å². The lowest BCUT2D eigenvalue weighted by Gasteiger charge is -2.50. The molecule has 6 N–H and O–H groups in total. The average Bonchev–Trinajstić information content (AvgIpc) is 2.82. The van der Waals surface area contributed by atoms with Crippen molar-refractivity contribution in [1.29, 1.82) is 0 Å². The molecule has 1 heterocycles. The first kappa shape index (κ1) is 24.7. The molecule has 2 aromatic rings. The molecule has 0 saturated heterocycles. The number of ketones is 2. The molecule has 192 valence electrons. The molecule has 10 heteroatoms. The third-order valence-corrected chi connectivity index (χ3v) is 7.79. The smallest absolute Gasteiger partial charge is 0.255 e. The van der Waals surface area contributed by atoms with Gasteiger partial charge in [-0.1, -0.05) is 6.07 Å². The van der Waals surface area contributed by atoms with Gasteiger partial charge < -0.3 is 26.2 Å². The minimum Gasteiger partial charge on any atom is -0.508 e. The fraction of sp³-hybridized carbons (Fsp3) is 0.333. The number of phenolic OH excluding ortho intramolecular Hbond substituents is 1. The molecule has 3 aliphatic rings. The molecule has 5 rings (SSSR count). The fourth-order valence-electron chi connectivity index (χ4n) is 6.11. The van der Waals surface area contributed by atoms with Crippen LogP contribution in [-0.4, -0.2) is 73.5 Å². The highest BCUT2D eigenvalue weighted by Gasteiger charge is 2.64. The lowest BCUT2D eigenvalue weighted by atomic mass is 9.57. The van der Waals surface area contributed by atoms with Gasteiger partial charge in [0, 0.05) is 23.3 Å². The van der Waals surface area contributed by atoms with Crippen LogP contribution >= 0.6 is 0 Å². The van der Waals surface area contributed by atoms with E-state index in [4.69, 9.17) is 5.73 Å². The molecule has 37 heavy (non-hydrogen) atoms. The van der Waals surface area contributed by atoms with Crippen molar-refractivity contribution in [2.24, 2.45) is 17.6 Å². The number of aliphatic hydroxyl groups excluding tert-OH is 2. The molecule has 10 nitrogen and oxygen atoms in total. The van der Waals surface area contributed by atoms with Crippen molar-refractivity contribution in [2.45, 2.75) is 31.4 Å². The molecule has 0 unspecified atom stereocenters. The van der Waals surface area contributed by atoms with E-state index in [2.05, 4.69) is 4.98 Å². The zero-order valence-electron chi connectivity index (χ0n) is 20.5. The Morgan fingerprint density at radius 3 is 2.43 bits per heavy atom. The van der Waals surface area contributed by atoms with Gasteiger partial charge in [-0.05, 0) is 69.1 Å². The molecule has 1 amide bonds. The molecule has 0 bridgehead atoms. The largest absolute Gasteiger partial charge is 0.508 e. The number of primary amides is 1. The molecule has 4 atom stereocenters. The Kier molecular flexibility index (Phi) is 5.50. The van der Waals surface area contributed by atoms with Crippen LogP contribution in [0.25, 0.3) is 17.0 Å². The average molecular weight is 506 g/mol. The number of aryl methyl sites for hydroxylation is 1. The van der Waals surface area contributed by atoms with Gasteiger partial charge in [0.15, 0.2) is 11.4 Å². The Hall–Kier alpha value is -4.02. The first-order chi connectivity index (χ1) is 17.4. The molecule has 1 saturated carbocycles. The van der Waals surface area contributed by atoms with Crippen molar-refractivity contribution in [2.75, 3.05) is 14.1 Å². The van der Waals surface area contributed by atoms with Gasteiger partial charge in [-0.15, -0.1) is 0 Å². The van der Waals surface area contributed by atoms with Gasteiger partial charge in [0.25, 0.3) is 5.91 Å². The van der Waals surface area contributed by atoms with Crippen molar-refractivity contribution in [3.8, 4) is 17.0 Å². The van der Waals surface area contributed by atoms with Crippen LogP contribution in [0.5, 0.6) is 5.75 Å². The number of carbonyl (C=O) groups excluding carboxylic acids is 3. The summed E-state index contributed by atoms with van der Waals surface area (Å²) in [6.45, 7) is 1.90. The normalized spacial score (nSPS) is 27.2. The molecular formula is C27H27N3O7. The van der Waals surface area contributed by atoms with Crippen molar-refractivity contribution in [1.82, 2.24) is 9.88 Å². The highest BCUT2D eigenvalue weighted by molar-refractivity contribution is 6.24. The Morgan fingerprint density at radius 2 is 1.84 bits per heavy atom. The van der Waals surface area contributed by atoms with E-state index in [1.807, 2.05) is 19.1 Å². The topological polar surface area (TPSA) is 174 Å². The Balaban J connectivity index is 1.74. The van der Waals surface area contributed by atoms with Gasteiger partial charge in [0.05, 0.1) is 17.3 Å². The number of hydrogen-bond acceptors (Lipinski definition) is 9. The number of Topliss-reactive ketones (excluding diaryl/α,β-unsaturated/α-hetero) is 2. The van der Waals surface area contributed by atoms with Crippen molar-refractivity contribution < 1.29 is 34.8 Å². The van der Waals surface area contributed by atoms with E-state index in [1.165, 1.54) is 11.0 Å². The summed E-state index contributed by atoms with van der Waals surface area (Å²) < 4.78 is 0. The third kappa shape index (κ3) is 3.32. The molecule has 0 aliphatic heterocycles. The molecule has 0 spiro atoms. The highest BCUT2D eigenvalue weighted by Crippen LogP contribution is 2.53. The molecule has 0 radical (unpaired) electrons. The van der Waals surface area contributed by atoms with E-state index in [-0.39, 0.29) is 29.7 Å². The summed E-state index contributed by atoms with van der Waals surface area (Å²) in [5.41, 5.74) is 4.51. The number of pyridine rings is 1. The molecule has 1 fully saturated rings. The molecule has 1 aromatic carbocycles. The number of nitrogens with two attached hydrogens (primary N) is 1. The molecule has 3 aliphatic carbocycles. The number of likely N-dealkylation sites (N-methyl/N-ethyl adjacent to an activating group) is 1. The monoisotopic (exact) mass is 505 g/mol. The summed E-state index contributed by atoms with van der Waals surface area (Å²) in [6, 6.07) is 5.66. The lowest BCUT2D eigenvalue weighted by molar-refractivity contribution is -0.153. The quantitative estimate of drug-likeness (QED) is 0.386. The van der Waals surface area contributed by atoms with Crippen LogP contribution in [0.4, 0.5) is 0 Å². The SMILES string of the molecule is Cc1ccc(-c2ccc(O)c3c2C[C@H]2C[C@H]4[C@@H](N(C)C)C(=O)C(C(N)=O)=C(O)[C@@]4(O)C(=O)C2=C3O)nc1. The van der Waals surface area contributed by atoms with Crippen LogP contribution in [0.1, 0.15) is 23.1 Å². The van der Waals surface area contributed by atoms with E-state index in [1.54, 1.807) is 26.4 Å². The minimum absolute atomic E-state index is 0.0299. The summed E-state index contributed by atoms with van der Waals surface area (Å²) >= 11 is 0. The van der Waals surface area contributed by atoms with Gasteiger partial charge in [0.1, 0.15) is 22.8 Å². The second-order valence-corrected chi connectivity index (χ2v) is 10.2. The van der Waals surface area contributed by atoms with Crippen molar-refractivity contribution in [3.63, 3.8) is 0 Å². The van der Waals surface area contributed by atoms with Crippen LogP contribution in [-0.2, 0) is 20.8 Å². The van der Waals surface area contributed by atoms with Gasteiger partial charge in [-0.2, -0.15) is 0 Å². The molecular weight excluding hydrogens is 478 g/mol. The number of aliphatic hydroxyl groups is 3. The molecule has 1 aromatic heterocycles. The maximum Gasteiger partial charge on any atom is 0.255 e. The number of amides is 1. The van der Waals surface area contributed by atoms with Gasteiger partial charge in [-0.3, -0.25) is 24.3 Å². The predicted octanol–water partition coefficient (Wildman–Crippen LogP) is 1.33. The number of phenols is 1. The zero-order chi connectivity index (χ0) is 27.0. The summed E-state index contributed by atoms with van der Waals surface area (Å²) in [6.07, 6.45) is 1.93. The third-order valence-electron chi connectivity index (χ3n) is 7.79. The second-order valence-electron chi connectivity index (χ2n) is 10.2. The number of nitrogens with zero attached hydrogens (tertiary/aromatic N) is 2. The summed E-state index contributed by atoms with van der Waals surface area (Å²) in [4.78, 5) is 45.0. The maximum absolute atomic E-state index is 13.9. The number of fused-ring (bicyclic) bond motifs is 3. The van der Waals surface area contributed by atoms with Gasteiger partial charge in [0.2, 0.25) is 5.78 Å². The van der Waals surface area contributed by atoms with Gasteiger partial charge >= 0.3 is 0 Å². The number of rotatable bonds is 3. The number of aromatic hydroxyl groups is 1. The van der Waals surface area contributed by atoms with E-state index >= 15 is 0 Å². The van der Waals surface area contributed by atoms with E-state index in [0.29, 0.717) is 16.8 Å². The van der Waals surface area contributed by atoms with Crippen LogP contribution < -0.4 is 5.73 Å². The predicted molar refractivity (Wildman–Crippen MR) is 132 cm³/mol. The van der Waals surface area contributed by atoms with Crippen LogP contribution in [0, 0.1) is 18.8 Å². The van der Waals surface area contributed by atoms with E-state index < -0.39 is 58.0 Å². The van der Waals surface area contributed by atoms with Gasteiger partial charge in [-0.25, -0.2) is 0 Å². The Morgan fingerprint density at radius 1 is 1.14 bits per heavy atom. The first-order valence-electron chi connectivity index (χ1n) is 11.8. The Bertz CT molecular complexity index is 1440. The summed E-state index contributed by atoms with van der Waals surface area (Å²) in [5, 5.41) is 44.5. The van der Waals surface area contributed by atoms with Crippen LogP contribution in [0.3, 0.4) is 0 Å². The summed E-state index contributed by atoms with van der Waals surface area (Å²) in [5.74, 6) is -6.75. The summed E-state index contributed by atoms with van der Waals surface area (Å²) in [7, 11) is 3.12. The first-order valence-corrected chi connectivity index (χ1v) is 11.8. The minimum atomic E-state index is -2.66. The lowest BCUT2D eigenvalue weighted by Crippen LogP contribution is -2.65. The highest BCUT2D eigenvalue weighted by atomic mass is 16.3. The second kappa shape index (κ2) is 8.25. The van der Waals surface area contributed by atoms with E-state index in [9.17, 15) is 34.8 Å². The fourth-order valence-corrected chi connectivity index (χ4v) is 6.11. The van der Waals surface area contributed by atoms with Crippen molar-refractivity contribution in [3.05, 3.63) is 64.1 Å². The van der Waals surface area contributed by atoms with Crippen LogP contribution in [0.15, 0.2) is 47.4 Å². The number of hydrogen-bond donors (Lipinski definition) is 5. The maximum atomic E-state index is 13.9. The zero-order valence-corrected chi connectivity index (χ0v) is 20.5. The van der Waals surface area contributed by atoms with E-state index in [0.717, 1.165) is 5.56 Å². The number of benzene rings is 1.